The highest BCUT2D eigenvalue weighted by Gasteiger charge is 2.44. The van der Waals surface area contributed by atoms with E-state index in [0.29, 0.717) is 34.5 Å². The van der Waals surface area contributed by atoms with Crippen LogP contribution >= 0.6 is 0 Å². The zero-order valence-corrected chi connectivity index (χ0v) is 19.0. The van der Waals surface area contributed by atoms with Gasteiger partial charge < -0.3 is 19.7 Å². The first-order valence-corrected chi connectivity index (χ1v) is 11.8. The van der Waals surface area contributed by atoms with E-state index in [1.54, 1.807) is 19.2 Å². The maximum Gasteiger partial charge on any atom is 0.255 e. The molecular formula is C27H30N2O4. The molecule has 0 bridgehead atoms. The fraction of sp³-hybridized carbons (Fsp3) is 0.407. The second kappa shape index (κ2) is 8.67. The number of nitrogens with one attached hydrogen (secondary N) is 1. The second-order valence-electron chi connectivity index (χ2n) is 9.53. The molecule has 2 heterocycles. The molecule has 1 aliphatic carbocycles. The average molecular weight is 447 g/mol. The number of piperidine rings is 1. The van der Waals surface area contributed by atoms with Crippen molar-refractivity contribution in [1.82, 2.24) is 10.2 Å². The molecule has 172 valence electrons. The number of phenols is 1. The topological polar surface area (TPSA) is 82.8 Å². The third-order valence-electron chi connectivity index (χ3n) is 7.39. The molecule has 0 atom stereocenters. The Kier molecular flexibility index (Phi) is 5.71. The molecule has 1 spiro atoms. The smallest absolute Gasteiger partial charge is 0.255 e. The van der Waals surface area contributed by atoms with Crippen molar-refractivity contribution in [1.29, 1.82) is 0 Å². The molecule has 1 aliphatic heterocycles. The minimum Gasteiger partial charge on any atom is -0.508 e. The largest absolute Gasteiger partial charge is 0.508 e. The third-order valence-corrected chi connectivity index (χ3v) is 7.39. The van der Waals surface area contributed by atoms with E-state index in [1.165, 1.54) is 0 Å². The summed E-state index contributed by atoms with van der Waals surface area (Å²) in [5, 5.41) is 14.1. The highest BCUT2D eigenvalue weighted by Crippen LogP contribution is 2.46. The molecule has 3 aromatic rings. The number of carbonyl (C=O) groups excluding carboxylic acids is 2. The Morgan fingerprint density at radius 3 is 2.52 bits per heavy atom. The van der Waals surface area contributed by atoms with E-state index in [0.717, 1.165) is 62.9 Å². The number of phenolic OH excluding ortho intramolecular Hbond substituents is 1. The van der Waals surface area contributed by atoms with E-state index < -0.39 is 0 Å². The lowest BCUT2D eigenvalue weighted by Crippen LogP contribution is -2.47. The molecule has 1 aromatic heterocycles. The van der Waals surface area contributed by atoms with Gasteiger partial charge in [0.1, 0.15) is 22.9 Å². The van der Waals surface area contributed by atoms with Gasteiger partial charge in [-0.3, -0.25) is 9.59 Å². The average Bonchev–Trinajstić information content (AvgIpc) is 3.21. The molecule has 5 rings (SSSR count). The Bertz CT molecular complexity index is 1180. The number of fused-ring (bicyclic) bond motifs is 1. The minimum absolute atomic E-state index is 0.193. The molecule has 33 heavy (non-hydrogen) atoms. The number of hydrogen-bond acceptors (Lipinski definition) is 5. The van der Waals surface area contributed by atoms with Crippen molar-refractivity contribution in [2.75, 3.05) is 26.7 Å². The number of Topliss-reactive ketones (excluding diaryl/α,β-unsaturated/α-hetero) is 1. The van der Waals surface area contributed by atoms with Crippen LogP contribution in [-0.2, 0) is 11.2 Å². The van der Waals surface area contributed by atoms with E-state index >= 15 is 0 Å². The highest BCUT2D eigenvalue weighted by molar-refractivity contribution is 6.12. The zero-order valence-electron chi connectivity index (χ0n) is 19.0. The first kappa shape index (κ1) is 21.7. The van der Waals surface area contributed by atoms with Crippen LogP contribution in [0, 0.1) is 5.41 Å². The van der Waals surface area contributed by atoms with E-state index in [2.05, 4.69) is 10.2 Å². The molecule has 0 unspecified atom stereocenters. The standard InChI is InChI=1S/C27H30N2O4/c1-28-26(32)24-23-20(8-5-13-29-14-11-27(12-15-29)16-19(30)17-27)21(31)9-10-22(23)33-25(24)18-6-3-2-4-7-18/h2-4,6-7,9-10,31H,5,8,11-17H2,1H3,(H,28,32). The van der Waals surface area contributed by atoms with E-state index in [4.69, 9.17) is 4.42 Å². The van der Waals surface area contributed by atoms with Gasteiger partial charge >= 0.3 is 0 Å². The van der Waals surface area contributed by atoms with Gasteiger partial charge in [-0.05, 0) is 62.9 Å². The molecular weight excluding hydrogens is 416 g/mol. The fourth-order valence-electron chi connectivity index (χ4n) is 5.51. The SMILES string of the molecule is CNC(=O)c1c(-c2ccccc2)oc2ccc(O)c(CCCN3CCC4(CC3)CC(=O)C4)c12. The second-order valence-corrected chi connectivity index (χ2v) is 9.53. The predicted molar refractivity (Wildman–Crippen MR) is 127 cm³/mol. The van der Waals surface area contributed by atoms with Gasteiger partial charge in [-0.1, -0.05) is 30.3 Å². The van der Waals surface area contributed by atoms with Crippen LogP contribution in [0.15, 0.2) is 46.9 Å². The number of rotatable bonds is 6. The van der Waals surface area contributed by atoms with Crippen LogP contribution in [0.1, 0.15) is 48.0 Å². The Hall–Kier alpha value is -3.12. The van der Waals surface area contributed by atoms with Gasteiger partial charge in [0.05, 0.1) is 5.56 Å². The first-order chi connectivity index (χ1) is 16.0. The van der Waals surface area contributed by atoms with Crippen molar-refractivity contribution >= 4 is 22.7 Å². The summed E-state index contributed by atoms with van der Waals surface area (Å²) in [7, 11) is 1.61. The zero-order chi connectivity index (χ0) is 23.0. The summed E-state index contributed by atoms with van der Waals surface area (Å²) in [6.07, 6.45) is 5.26. The molecule has 6 heteroatoms. The molecule has 2 aromatic carbocycles. The van der Waals surface area contributed by atoms with Crippen LogP contribution in [0.3, 0.4) is 0 Å². The van der Waals surface area contributed by atoms with Gasteiger partial charge in [0.15, 0.2) is 0 Å². The maximum absolute atomic E-state index is 12.9. The summed E-state index contributed by atoms with van der Waals surface area (Å²) < 4.78 is 6.14. The predicted octanol–water partition coefficient (Wildman–Crippen LogP) is 4.54. The van der Waals surface area contributed by atoms with Crippen molar-refractivity contribution in [2.45, 2.75) is 38.5 Å². The Labute approximate surface area is 193 Å². The highest BCUT2D eigenvalue weighted by atomic mass is 16.3. The van der Waals surface area contributed by atoms with Gasteiger partial charge in [0.2, 0.25) is 0 Å². The summed E-state index contributed by atoms with van der Waals surface area (Å²) in [5.74, 6) is 0.900. The monoisotopic (exact) mass is 446 g/mol. The van der Waals surface area contributed by atoms with Gasteiger partial charge in [0.25, 0.3) is 5.91 Å². The number of carbonyl (C=O) groups is 2. The number of aromatic hydroxyl groups is 1. The van der Waals surface area contributed by atoms with Crippen LogP contribution in [0.25, 0.3) is 22.3 Å². The number of amides is 1. The molecule has 6 nitrogen and oxygen atoms in total. The summed E-state index contributed by atoms with van der Waals surface area (Å²) in [5.41, 5.74) is 2.95. The Morgan fingerprint density at radius 1 is 1.12 bits per heavy atom. The van der Waals surface area contributed by atoms with Gasteiger partial charge in [-0.25, -0.2) is 0 Å². The lowest BCUT2D eigenvalue weighted by Gasteiger charge is -2.46. The molecule has 2 fully saturated rings. The number of nitrogens with zero attached hydrogens (tertiary/aromatic N) is 1. The van der Waals surface area contributed by atoms with Gasteiger partial charge in [-0.2, -0.15) is 0 Å². The first-order valence-electron chi connectivity index (χ1n) is 11.8. The summed E-state index contributed by atoms with van der Waals surface area (Å²) in [4.78, 5) is 26.8. The molecule has 1 amide bonds. The van der Waals surface area contributed by atoms with Crippen LogP contribution in [-0.4, -0.2) is 48.4 Å². The van der Waals surface area contributed by atoms with Gasteiger partial charge in [-0.15, -0.1) is 0 Å². The lowest BCUT2D eigenvalue weighted by molar-refractivity contribution is -0.135. The Balaban J connectivity index is 1.38. The van der Waals surface area contributed by atoms with Crippen LogP contribution in [0.4, 0.5) is 0 Å². The quantitative estimate of drug-likeness (QED) is 0.581. The van der Waals surface area contributed by atoms with Crippen LogP contribution in [0.2, 0.25) is 0 Å². The van der Waals surface area contributed by atoms with E-state index in [-0.39, 0.29) is 17.1 Å². The summed E-state index contributed by atoms with van der Waals surface area (Å²) in [6, 6.07) is 13.0. The van der Waals surface area contributed by atoms with E-state index in [1.807, 2.05) is 30.3 Å². The van der Waals surface area contributed by atoms with Crippen molar-refractivity contribution in [3.63, 3.8) is 0 Å². The normalized spacial score (nSPS) is 17.9. The Morgan fingerprint density at radius 2 is 1.85 bits per heavy atom. The van der Waals surface area contributed by atoms with E-state index in [9.17, 15) is 14.7 Å². The van der Waals surface area contributed by atoms with Gasteiger partial charge in [0, 0.05) is 36.4 Å². The maximum atomic E-state index is 12.9. The lowest BCUT2D eigenvalue weighted by atomic mass is 9.62. The number of furan rings is 1. The van der Waals surface area contributed by atoms with Crippen molar-refractivity contribution in [3.8, 4) is 17.1 Å². The van der Waals surface area contributed by atoms with Crippen molar-refractivity contribution in [3.05, 3.63) is 53.6 Å². The fourth-order valence-corrected chi connectivity index (χ4v) is 5.51. The number of benzene rings is 2. The number of hydrogen-bond donors (Lipinski definition) is 2. The van der Waals surface area contributed by atoms with Crippen molar-refractivity contribution in [2.24, 2.45) is 5.41 Å². The minimum atomic E-state index is -0.226. The van der Waals surface area contributed by atoms with Crippen LogP contribution < -0.4 is 5.32 Å². The third kappa shape index (κ3) is 4.04. The number of likely N-dealkylation sites (tertiary alicyclic amines) is 1. The molecule has 2 N–H and O–H groups in total. The van der Waals surface area contributed by atoms with Crippen molar-refractivity contribution < 1.29 is 19.1 Å². The summed E-state index contributed by atoms with van der Waals surface area (Å²) in [6.45, 7) is 2.98. The number of aryl methyl sites for hydroxylation is 1. The summed E-state index contributed by atoms with van der Waals surface area (Å²) >= 11 is 0. The molecule has 1 saturated heterocycles. The molecule has 1 saturated carbocycles. The molecule has 0 radical (unpaired) electrons. The molecule has 2 aliphatic rings. The number of ketones is 1. The van der Waals surface area contributed by atoms with Crippen LogP contribution in [0.5, 0.6) is 5.75 Å².